The number of hydrogen-bond acceptors (Lipinski definition) is 4. The summed E-state index contributed by atoms with van der Waals surface area (Å²) in [4.78, 5) is 14.9. The second-order valence-corrected chi connectivity index (χ2v) is 5.53. The Labute approximate surface area is 125 Å². The molecule has 0 unspecified atom stereocenters. The van der Waals surface area contributed by atoms with Crippen LogP contribution in [0.3, 0.4) is 0 Å². The maximum Gasteiger partial charge on any atom is 0.222 e. The van der Waals surface area contributed by atoms with Crippen molar-refractivity contribution in [1.82, 2.24) is 4.90 Å². The van der Waals surface area contributed by atoms with Gasteiger partial charge in [-0.3, -0.25) is 4.79 Å². The molecule has 0 bridgehead atoms. The predicted molar refractivity (Wildman–Crippen MR) is 81.9 cm³/mol. The molecule has 0 fully saturated rings. The number of hydrogen-bond donors (Lipinski definition) is 1. The van der Waals surface area contributed by atoms with E-state index in [1.54, 1.807) is 23.8 Å². The van der Waals surface area contributed by atoms with Gasteiger partial charge < -0.3 is 14.7 Å². The first-order valence-corrected chi connectivity index (χ1v) is 7.82. The number of nitrogens with zero attached hydrogens (tertiary/aromatic N) is 1. The molecule has 0 atom stereocenters. The van der Waals surface area contributed by atoms with Crippen molar-refractivity contribution >= 4 is 17.7 Å². The summed E-state index contributed by atoms with van der Waals surface area (Å²) in [5.74, 6) is 1.01. The third-order valence-electron chi connectivity index (χ3n) is 2.83. The van der Waals surface area contributed by atoms with Crippen LogP contribution in [-0.2, 0) is 9.53 Å². The molecule has 112 valence electrons. The number of methoxy groups -OCH3 is 1. The van der Waals surface area contributed by atoms with E-state index in [0.29, 0.717) is 26.1 Å². The number of benzene rings is 1. The van der Waals surface area contributed by atoms with E-state index in [4.69, 9.17) is 9.84 Å². The number of ether oxygens (including phenoxy) is 1. The minimum atomic E-state index is -0.00573. The average molecular weight is 297 g/mol. The van der Waals surface area contributed by atoms with Crippen molar-refractivity contribution in [3.63, 3.8) is 0 Å². The molecule has 1 aromatic carbocycles. The van der Waals surface area contributed by atoms with Crippen LogP contribution >= 0.6 is 11.8 Å². The molecular formula is C15H23NO3S. The fourth-order valence-electron chi connectivity index (χ4n) is 1.77. The molecule has 0 aliphatic rings. The lowest BCUT2D eigenvalue weighted by atomic mass is 10.3. The first-order chi connectivity index (χ1) is 9.77. The van der Waals surface area contributed by atoms with Crippen molar-refractivity contribution in [3.8, 4) is 0 Å². The lowest BCUT2D eigenvalue weighted by Gasteiger charge is -2.21. The maximum absolute atomic E-state index is 12.0. The van der Waals surface area contributed by atoms with Gasteiger partial charge in [0.05, 0.1) is 13.2 Å². The Morgan fingerprint density at radius 3 is 2.70 bits per heavy atom. The molecule has 5 heteroatoms. The minimum Gasteiger partial charge on any atom is -0.395 e. The first-order valence-electron chi connectivity index (χ1n) is 6.83. The van der Waals surface area contributed by atoms with Crippen molar-refractivity contribution in [2.45, 2.75) is 17.7 Å². The quantitative estimate of drug-likeness (QED) is 0.530. The molecule has 0 aromatic heterocycles. The van der Waals surface area contributed by atoms with Crippen LogP contribution in [0.2, 0.25) is 0 Å². The molecule has 0 radical (unpaired) electrons. The van der Waals surface area contributed by atoms with Crippen molar-refractivity contribution in [2.75, 3.05) is 39.2 Å². The zero-order chi connectivity index (χ0) is 14.6. The van der Waals surface area contributed by atoms with Gasteiger partial charge in [-0.2, -0.15) is 0 Å². The number of thioether (sulfide) groups is 1. The average Bonchev–Trinajstić information content (AvgIpc) is 2.49. The number of rotatable bonds is 10. The Bertz CT molecular complexity index is 373. The Hall–Kier alpha value is -1.04. The van der Waals surface area contributed by atoms with Crippen LogP contribution in [0.15, 0.2) is 35.2 Å². The van der Waals surface area contributed by atoms with Gasteiger partial charge >= 0.3 is 0 Å². The maximum atomic E-state index is 12.0. The molecule has 1 aromatic rings. The van der Waals surface area contributed by atoms with E-state index in [1.165, 1.54) is 4.90 Å². The first kappa shape index (κ1) is 17.0. The van der Waals surface area contributed by atoms with E-state index < -0.39 is 0 Å². The lowest BCUT2D eigenvalue weighted by molar-refractivity contribution is -0.132. The van der Waals surface area contributed by atoms with E-state index >= 15 is 0 Å². The molecule has 1 amide bonds. The Morgan fingerprint density at radius 1 is 1.30 bits per heavy atom. The summed E-state index contributed by atoms with van der Waals surface area (Å²) in [5.41, 5.74) is 0. The molecule has 0 aliphatic heterocycles. The van der Waals surface area contributed by atoms with Crippen LogP contribution in [0.25, 0.3) is 0 Å². The van der Waals surface area contributed by atoms with Gasteiger partial charge in [0.1, 0.15) is 0 Å². The summed E-state index contributed by atoms with van der Waals surface area (Å²) in [6.07, 6.45) is 1.36. The zero-order valence-electron chi connectivity index (χ0n) is 12.0. The van der Waals surface area contributed by atoms with Crippen LogP contribution in [0.4, 0.5) is 0 Å². The molecule has 1 N–H and O–H groups in total. The predicted octanol–water partition coefficient (Wildman–Crippen LogP) is 2.03. The summed E-state index contributed by atoms with van der Waals surface area (Å²) in [6, 6.07) is 10.2. The van der Waals surface area contributed by atoms with Gasteiger partial charge in [-0.15, -0.1) is 11.8 Å². The van der Waals surface area contributed by atoms with Gasteiger partial charge in [-0.1, -0.05) is 18.2 Å². The molecule has 4 nitrogen and oxygen atoms in total. The second kappa shape index (κ2) is 10.7. The molecule has 20 heavy (non-hydrogen) atoms. The summed E-state index contributed by atoms with van der Waals surface area (Å²) in [7, 11) is 1.61. The molecule has 0 saturated carbocycles. The van der Waals surface area contributed by atoms with Gasteiger partial charge in [-0.05, 0) is 24.3 Å². The van der Waals surface area contributed by atoms with Crippen LogP contribution in [0.1, 0.15) is 12.8 Å². The number of amides is 1. The SMILES string of the molecule is COCCN(CCO)C(=O)CCCSc1ccccc1. The molecule has 0 heterocycles. The normalized spacial score (nSPS) is 10.5. The largest absolute Gasteiger partial charge is 0.395 e. The summed E-state index contributed by atoms with van der Waals surface area (Å²) < 4.78 is 4.97. The Kier molecular flexibility index (Phi) is 9.11. The van der Waals surface area contributed by atoms with Crippen molar-refractivity contribution < 1.29 is 14.6 Å². The van der Waals surface area contributed by atoms with E-state index in [9.17, 15) is 4.79 Å². The second-order valence-electron chi connectivity index (χ2n) is 4.36. The van der Waals surface area contributed by atoms with Gasteiger partial charge in [0.2, 0.25) is 5.91 Å². The third-order valence-corrected chi connectivity index (χ3v) is 3.93. The van der Waals surface area contributed by atoms with E-state index in [1.807, 2.05) is 18.2 Å². The summed E-state index contributed by atoms with van der Waals surface area (Å²) in [6.45, 7) is 1.43. The Morgan fingerprint density at radius 2 is 2.05 bits per heavy atom. The molecule has 0 spiro atoms. The van der Waals surface area contributed by atoms with Crippen molar-refractivity contribution in [3.05, 3.63) is 30.3 Å². The standard InChI is InChI=1S/C15H23NO3S/c1-19-12-10-16(9-11-17)15(18)8-5-13-20-14-6-3-2-4-7-14/h2-4,6-7,17H,5,8-13H2,1H3. The molecule has 1 rings (SSSR count). The lowest BCUT2D eigenvalue weighted by Crippen LogP contribution is -2.36. The Balaban J connectivity index is 2.23. The fourth-order valence-corrected chi connectivity index (χ4v) is 2.65. The number of carbonyl (C=O) groups is 1. The van der Waals surface area contributed by atoms with E-state index in [-0.39, 0.29) is 12.5 Å². The highest BCUT2D eigenvalue weighted by molar-refractivity contribution is 7.99. The van der Waals surface area contributed by atoms with E-state index in [2.05, 4.69) is 12.1 Å². The fraction of sp³-hybridized carbons (Fsp3) is 0.533. The van der Waals surface area contributed by atoms with Crippen LogP contribution in [0, 0.1) is 0 Å². The van der Waals surface area contributed by atoms with Crippen LogP contribution in [-0.4, -0.2) is 55.1 Å². The highest BCUT2D eigenvalue weighted by Crippen LogP contribution is 2.18. The van der Waals surface area contributed by atoms with Gasteiger partial charge in [0, 0.05) is 31.5 Å². The minimum absolute atomic E-state index is 0.00573. The molecular weight excluding hydrogens is 274 g/mol. The van der Waals surface area contributed by atoms with Gasteiger partial charge in [-0.25, -0.2) is 0 Å². The van der Waals surface area contributed by atoms with Gasteiger partial charge in [0.15, 0.2) is 0 Å². The van der Waals surface area contributed by atoms with Crippen LogP contribution < -0.4 is 0 Å². The summed E-state index contributed by atoms with van der Waals surface area (Å²) in [5, 5.41) is 8.97. The third kappa shape index (κ3) is 6.93. The number of carbonyl (C=O) groups excluding carboxylic acids is 1. The van der Waals surface area contributed by atoms with Crippen LogP contribution in [0.5, 0.6) is 0 Å². The topological polar surface area (TPSA) is 49.8 Å². The molecule has 0 aliphatic carbocycles. The van der Waals surface area contributed by atoms with Crippen molar-refractivity contribution in [1.29, 1.82) is 0 Å². The number of aliphatic hydroxyl groups excluding tert-OH is 1. The molecule has 0 saturated heterocycles. The van der Waals surface area contributed by atoms with E-state index in [0.717, 1.165) is 12.2 Å². The highest BCUT2D eigenvalue weighted by Gasteiger charge is 2.12. The highest BCUT2D eigenvalue weighted by atomic mass is 32.2. The number of aliphatic hydroxyl groups is 1. The summed E-state index contributed by atoms with van der Waals surface area (Å²) >= 11 is 1.76. The monoisotopic (exact) mass is 297 g/mol. The van der Waals surface area contributed by atoms with Crippen molar-refractivity contribution in [2.24, 2.45) is 0 Å². The zero-order valence-corrected chi connectivity index (χ0v) is 12.8. The smallest absolute Gasteiger partial charge is 0.222 e. The van der Waals surface area contributed by atoms with Gasteiger partial charge in [0.25, 0.3) is 0 Å².